The molecule has 33 heavy (non-hydrogen) atoms. The highest BCUT2D eigenvalue weighted by molar-refractivity contribution is 7.18. The third-order valence-corrected chi connectivity index (χ3v) is 6.24. The summed E-state index contributed by atoms with van der Waals surface area (Å²) in [5.74, 6) is 0.918. The minimum absolute atomic E-state index is 0.0753. The lowest BCUT2D eigenvalue weighted by Crippen LogP contribution is -2.50. The summed E-state index contributed by atoms with van der Waals surface area (Å²) in [7, 11) is 0. The van der Waals surface area contributed by atoms with Crippen LogP contribution in [0.2, 0.25) is 0 Å². The number of fused-ring (bicyclic) bond motifs is 1. The lowest BCUT2D eigenvalue weighted by atomic mass is 9.98. The summed E-state index contributed by atoms with van der Waals surface area (Å²) in [5, 5.41) is 17.6. The van der Waals surface area contributed by atoms with Crippen LogP contribution in [0.25, 0.3) is 10.6 Å². The zero-order valence-electron chi connectivity index (χ0n) is 18.3. The maximum Gasteiger partial charge on any atom is 0.315 e. The summed E-state index contributed by atoms with van der Waals surface area (Å²) < 4.78 is 10.7. The Bertz CT molecular complexity index is 1120. The van der Waals surface area contributed by atoms with E-state index < -0.39 is 12.1 Å². The van der Waals surface area contributed by atoms with Crippen molar-refractivity contribution in [1.82, 2.24) is 20.8 Å². The zero-order valence-corrected chi connectivity index (χ0v) is 19.1. The molecule has 4 rings (SSSR count). The number of rotatable bonds is 8. The number of hydrogen-bond acceptors (Lipinski definition) is 7. The van der Waals surface area contributed by atoms with Crippen LogP contribution >= 0.6 is 11.3 Å². The summed E-state index contributed by atoms with van der Waals surface area (Å²) in [5.41, 5.74) is 1.79. The normalized spacial score (nSPS) is 13.8. The molecule has 0 fully saturated rings. The smallest absolute Gasteiger partial charge is 0.315 e. The first-order valence-corrected chi connectivity index (χ1v) is 11.5. The van der Waals surface area contributed by atoms with Crippen LogP contribution in [0, 0.1) is 5.92 Å². The lowest BCUT2D eigenvalue weighted by molar-refractivity contribution is -0.119. The predicted molar refractivity (Wildman–Crippen MR) is 125 cm³/mol. The van der Waals surface area contributed by atoms with Crippen molar-refractivity contribution >= 4 is 28.4 Å². The van der Waals surface area contributed by atoms with Gasteiger partial charge in [0.2, 0.25) is 17.8 Å². The molecule has 2 aromatic carbocycles. The first-order valence-electron chi connectivity index (χ1n) is 10.7. The Hall–Kier alpha value is -3.66. The maximum atomic E-state index is 13.0. The molecule has 3 amide bonds. The number of nitrogens with zero attached hydrogens (tertiary/aromatic N) is 2. The summed E-state index contributed by atoms with van der Waals surface area (Å²) in [4.78, 5) is 25.4. The molecular formula is C23H25N5O4S. The lowest BCUT2D eigenvalue weighted by Gasteiger charge is -2.23. The Balaban J connectivity index is 1.38. The Labute approximate surface area is 195 Å². The average Bonchev–Trinajstić information content (AvgIpc) is 3.50. The molecule has 0 radical (unpaired) electrons. The van der Waals surface area contributed by atoms with E-state index in [2.05, 4.69) is 26.1 Å². The van der Waals surface area contributed by atoms with Crippen LogP contribution in [0.3, 0.4) is 0 Å². The summed E-state index contributed by atoms with van der Waals surface area (Å²) >= 11 is 1.24. The molecule has 172 valence electrons. The number of carbonyl (C=O) groups excluding carboxylic acids is 2. The topological polar surface area (TPSA) is 114 Å². The third-order valence-electron chi connectivity index (χ3n) is 5.35. The number of urea groups is 1. The number of amides is 3. The van der Waals surface area contributed by atoms with E-state index in [4.69, 9.17) is 9.47 Å². The Kier molecular flexibility index (Phi) is 7.04. The largest absolute Gasteiger partial charge is 0.454 e. The molecule has 2 atom stereocenters. The van der Waals surface area contributed by atoms with E-state index >= 15 is 0 Å². The second-order valence-electron chi connectivity index (χ2n) is 7.65. The van der Waals surface area contributed by atoms with E-state index in [0.29, 0.717) is 28.2 Å². The van der Waals surface area contributed by atoms with Crippen LogP contribution in [0.1, 0.15) is 25.8 Å². The molecule has 3 aromatic rings. The number of aromatic nitrogens is 2. The van der Waals surface area contributed by atoms with Gasteiger partial charge in [0.1, 0.15) is 11.0 Å². The van der Waals surface area contributed by atoms with Crippen LogP contribution in [-0.4, -0.2) is 35.0 Å². The van der Waals surface area contributed by atoms with E-state index in [0.717, 1.165) is 17.5 Å². The van der Waals surface area contributed by atoms with Crippen LogP contribution < -0.4 is 25.4 Å². The second-order valence-corrected chi connectivity index (χ2v) is 8.62. The van der Waals surface area contributed by atoms with Crippen molar-refractivity contribution in [2.75, 3.05) is 12.1 Å². The number of carbonyl (C=O) groups is 2. The van der Waals surface area contributed by atoms with E-state index in [1.54, 1.807) is 0 Å². The summed E-state index contributed by atoms with van der Waals surface area (Å²) in [6.45, 7) is 4.45. The molecule has 0 bridgehead atoms. The quantitative estimate of drug-likeness (QED) is 0.464. The molecule has 2 unspecified atom stereocenters. The van der Waals surface area contributed by atoms with Gasteiger partial charge in [-0.25, -0.2) is 4.79 Å². The molecule has 0 spiro atoms. The molecule has 1 aliphatic rings. The Morgan fingerprint density at radius 3 is 2.67 bits per heavy atom. The number of nitrogens with one attached hydrogen (secondary N) is 3. The van der Waals surface area contributed by atoms with Gasteiger partial charge in [0.05, 0.1) is 0 Å². The first kappa shape index (κ1) is 22.5. The highest BCUT2D eigenvalue weighted by Crippen LogP contribution is 2.37. The second kappa shape index (κ2) is 10.3. The van der Waals surface area contributed by atoms with Crippen molar-refractivity contribution < 1.29 is 19.1 Å². The van der Waals surface area contributed by atoms with Crippen molar-refractivity contribution in [3.63, 3.8) is 0 Å². The van der Waals surface area contributed by atoms with Crippen LogP contribution in [0.4, 0.5) is 9.93 Å². The fourth-order valence-electron chi connectivity index (χ4n) is 3.28. The van der Waals surface area contributed by atoms with Gasteiger partial charge in [0.25, 0.3) is 0 Å². The van der Waals surface area contributed by atoms with Crippen LogP contribution in [0.5, 0.6) is 11.5 Å². The third kappa shape index (κ3) is 5.58. The van der Waals surface area contributed by atoms with E-state index in [1.807, 2.05) is 62.4 Å². The van der Waals surface area contributed by atoms with Gasteiger partial charge < -0.3 is 20.1 Å². The molecule has 9 nitrogen and oxygen atoms in total. The molecule has 1 aromatic heterocycles. The maximum absolute atomic E-state index is 13.0. The van der Waals surface area contributed by atoms with Crippen molar-refractivity contribution in [3.05, 3.63) is 54.1 Å². The van der Waals surface area contributed by atoms with Gasteiger partial charge in [0.15, 0.2) is 11.5 Å². The van der Waals surface area contributed by atoms with Crippen LogP contribution in [0.15, 0.2) is 48.5 Å². The highest BCUT2D eigenvalue weighted by atomic mass is 32.1. The van der Waals surface area contributed by atoms with Gasteiger partial charge in [-0.3, -0.25) is 10.1 Å². The van der Waals surface area contributed by atoms with Gasteiger partial charge >= 0.3 is 6.03 Å². The number of anilines is 1. The molecule has 2 heterocycles. The van der Waals surface area contributed by atoms with Gasteiger partial charge in [-0.15, -0.1) is 10.2 Å². The van der Waals surface area contributed by atoms with E-state index in [-0.39, 0.29) is 18.6 Å². The minimum Gasteiger partial charge on any atom is -0.454 e. The summed E-state index contributed by atoms with van der Waals surface area (Å²) in [6.07, 6.45) is 0.718. The number of hydrogen-bond donors (Lipinski definition) is 3. The van der Waals surface area contributed by atoms with Crippen LogP contribution in [-0.2, 0) is 11.3 Å². The van der Waals surface area contributed by atoms with E-state index in [1.165, 1.54) is 11.3 Å². The molecule has 0 aliphatic carbocycles. The molecule has 1 aliphatic heterocycles. The summed E-state index contributed by atoms with van der Waals surface area (Å²) in [6, 6.07) is 14.0. The molecular weight excluding hydrogens is 442 g/mol. The fraction of sp³-hybridized carbons (Fsp3) is 0.304. The Morgan fingerprint density at radius 2 is 1.88 bits per heavy atom. The van der Waals surface area contributed by atoms with E-state index in [9.17, 15) is 9.59 Å². The number of ether oxygens (including phenoxy) is 2. The molecule has 0 saturated heterocycles. The Morgan fingerprint density at radius 1 is 1.09 bits per heavy atom. The predicted octanol–water partition coefficient (Wildman–Crippen LogP) is 3.79. The minimum atomic E-state index is -0.719. The molecule has 3 N–H and O–H groups in total. The fourth-order valence-corrected chi connectivity index (χ4v) is 4.02. The van der Waals surface area contributed by atoms with Crippen molar-refractivity contribution in [2.24, 2.45) is 5.92 Å². The van der Waals surface area contributed by atoms with Gasteiger partial charge in [-0.2, -0.15) is 0 Å². The highest BCUT2D eigenvalue weighted by Gasteiger charge is 2.27. The van der Waals surface area contributed by atoms with Gasteiger partial charge in [0, 0.05) is 12.1 Å². The van der Waals surface area contributed by atoms with Crippen molar-refractivity contribution in [1.29, 1.82) is 0 Å². The SMILES string of the molecule is CCC(C)C(NC(=O)NCc1ccccc1)C(=O)Nc1nnc(-c2ccc3c(c2)OCO3)s1. The van der Waals surface area contributed by atoms with Crippen molar-refractivity contribution in [3.8, 4) is 22.1 Å². The standard InChI is InChI=1S/C23H25N5O4S/c1-3-14(2)19(25-22(30)24-12-15-7-5-4-6-8-15)20(29)26-23-28-27-21(33-23)16-9-10-17-18(11-16)32-13-31-17/h4-11,14,19H,3,12-13H2,1-2H3,(H2,24,25,30)(H,26,28,29). The van der Waals surface area contributed by atoms with Crippen molar-refractivity contribution in [2.45, 2.75) is 32.9 Å². The first-order chi connectivity index (χ1) is 16.0. The van der Waals surface area contributed by atoms with Gasteiger partial charge in [-0.1, -0.05) is 61.9 Å². The van der Waals surface area contributed by atoms with Gasteiger partial charge in [-0.05, 0) is 29.7 Å². The molecule has 10 heteroatoms. The number of benzene rings is 2. The average molecular weight is 468 g/mol. The monoisotopic (exact) mass is 467 g/mol. The zero-order chi connectivity index (χ0) is 23.2. The molecule has 0 saturated carbocycles.